The van der Waals surface area contributed by atoms with Gasteiger partial charge in [-0.05, 0) is 36.2 Å². The van der Waals surface area contributed by atoms with Gasteiger partial charge < -0.3 is 14.6 Å². The quantitative estimate of drug-likeness (QED) is 0.817. The summed E-state index contributed by atoms with van der Waals surface area (Å²) in [4.78, 5) is 0. The molecule has 0 saturated heterocycles. The van der Waals surface area contributed by atoms with Crippen LogP contribution >= 0.6 is 0 Å². The Kier molecular flexibility index (Phi) is 4.07. The third kappa shape index (κ3) is 3.05. The average Bonchev–Trinajstić information content (AvgIpc) is 3.05. The normalized spacial score (nSPS) is 16.9. The smallest absolute Gasteiger partial charge is 0.123 e. The molecule has 0 saturated carbocycles. The molecule has 0 bridgehead atoms. The van der Waals surface area contributed by atoms with Gasteiger partial charge in [0.25, 0.3) is 0 Å². The minimum atomic E-state index is 0.260. The molecule has 0 radical (unpaired) electrons. The van der Waals surface area contributed by atoms with Crippen LogP contribution in [0, 0.1) is 0 Å². The van der Waals surface area contributed by atoms with Crippen molar-refractivity contribution in [2.24, 2.45) is 0 Å². The molecule has 2 heterocycles. The second kappa shape index (κ2) is 6.14. The van der Waals surface area contributed by atoms with Gasteiger partial charge in [-0.1, -0.05) is 25.1 Å². The number of hydrogen-bond acceptors (Lipinski definition) is 2. The van der Waals surface area contributed by atoms with Crippen LogP contribution in [-0.4, -0.2) is 17.2 Å². The van der Waals surface area contributed by atoms with Crippen molar-refractivity contribution in [2.45, 2.75) is 39.0 Å². The predicted octanol–water partition coefficient (Wildman–Crippen LogP) is 2.99. The number of nitrogens with zero attached hydrogens (tertiary/aromatic N) is 1. The van der Waals surface area contributed by atoms with Crippen LogP contribution in [0.1, 0.15) is 24.5 Å². The summed E-state index contributed by atoms with van der Waals surface area (Å²) < 4.78 is 8.22. The maximum atomic E-state index is 5.98. The van der Waals surface area contributed by atoms with Crippen LogP contribution in [0.25, 0.3) is 0 Å². The maximum absolute atomic E-state index is 5.98. The van der Waals surface area contributed by atoms with Crippen LogP contribution < -0.4 is 10.1 Å². The molecule has 20 heavy (non-hydrogen) atoms. The zero-order valence-electron chi connectivity index (χ0n) is 12.0. The number of benzene rings is 1. The summed E-state index contributed by atoms with van der Waals surface area (Å²) in [6.45, 7) is 5.13. The molecule has 1 aliphatic rings. The van der Waals surface area contributed by atoms with Gasteiger partial charge in [0.2, 0.25) is 0 Å². The molecule has 0 spiro atoms. The molecule has 0 aliphatic carbocycles. The lowest BCUT2D eigenvalue weighted by molar-refractivity contribution is 0.209. The number of rotatable bonds is 6. The van der Waals surface area contributed by atoms with E-state index in [-0.39, 0.29) is 6.10 Å². The van der Waals surface area contributed by atoms with Gasteiger partial charge in [-0.3, -0.25) is 0 Å². The summed E-state index contributed by atoms with van der Waals surface area (Å²) in [6.07, 6.45) is 6.81. The largest absolute Gasteiger partial charge is 0.488 e. The molecular formula is C17H22N2O. The Hall–Kier alpha value is -1.74. The van der Waals surface area contributed by atoms with Crippen molar-refractivity contribution in [2.75, 3.05) is 6.54 Å². The van der Waals surface area contributed by atoms with Crippen LogP contribution in [0.4, 0.5) is 0 Å². The molecule has 0 amide bonds. The van der Waals surface area contributed by atoms with Gasteiger partial charge >= 0.3 is 0 Å². The fourth-order valence-corrected chi connectivity index (χ4v) is 2.71. The lowest BCUT2D eigenvalue weighted by Crippen LogP contribution is -2.20. The van der Waals surface area contributed by atoms with E-state index in [0.717, 1.165) is 31.8 Å². The van der Waals surface area contributed by atoms with Crippen LogP contribution in [0.5, 0.6) is 5.75 Å². The molecule has 3 heteroatoms. The van der Waals surface area contributed by atoms with E-state index in [9.17, 15) is 0 Å². The van der Waals surface area contributed by atoms with E-state index in [2.05, 4.69) is 53.5 Å². The van der Waals surface area contributed by atoms with Crippen LogP contribution in [-0.2, 0) is 19.5 Å². The molecule has 0 fully saturated rings. The minimum Gasteiger partial charge on any atom is -0.488 e. The first-order valence-electron chi connectivity index (χ1n) is 7.45. The van der Waals surface area contributed by atoms with Crippen molar-refractivity contribution < 1.29 is 4.74 Å². The first-order valence-corrected chi connectivity index (χ1v) is 7.45. The highest BCUT2D eigenvalue weighted by molar-refractivity contribution is 5.37. The summed E-state index contributed by atoms with van der Waals surface area (Å²) in [5, 5.41) is 3.43. The van der Waals surface area contributed by atoms with Gasteiger partial charge in [0.05, 0.1) is 6.54 Å². The van der Waals surface area contributed by atoms with E-state index in [1.807, 2.05) is 6.07 Å². The SMILES string of the molecule is CCCNCc1ccn(CC2Cc3ccccc3O2)c1. The van der Waals surface area contributed by atoms with Crippen LogP contribution in [0.15, 0.2) is 42.7 Å². The number of ether oxygens (including phenoxy) is 1. The molecule has 2 aromatic rings. The van der Waals surface area contributed by atoms with E-state index < -0.39 is 0 Å². The first kappa shape index (κ1) is 13.3. The van der Waals surface area contributed by atoms with E-state index in [0.29, 0.717) is 0 Å². The lowest BCUT2D eigenvalue weighted by Gasteiger charge is -2.11. The van der Waals surface area contributed by atoms with Gasteiger partial charge in [0.1, 0.15) is 11.9 Å². The Morgan fingerprint density at radius 3 is 3.05 bits per heavy atom. The average molecular weight is 270 g/mol. The lowest BCUT2D eigenvalue weighted by atomic mass is 10.1. The van der Waals surface area contributed by atoms with Crippen molar-refractivity contribution >= 4 is 0 Å². The number of nitrogens with one attached hydrogen (secondary N) is 1. The summed E-state index contributed by atoms with van der Waals surface area (Å²) in [5.41, 5.74) is 2.67. The Bertz CT molecular complexity index is 537. The molecule has 1 aliphatic heterocycles. The maximum Gasteiger partial charge on any atom is 0.123 e. The molecule has 1 N–H and O–H groups in total. The molecule has 3 rings (SSSR count). The van der Waals surface area contributed by atoms with Crippen LogP contribution in [0.3, 0.4) is 0 Å². The third-order valence-electron chi connectivity index (χ3n) is 3.70. The second-order valence-electron chi connectivity index (χ2n) is 5.45. The number of fused-ring (bicyclic) bond motifs is 1. The molecule has 1 aromatic heterocycles. The van der Waals surface area contributed by atoms with Crippen LogP contribution in [0.2, 0.25) is 0 Å². The highest BCUT2D eigenvalue weighted by atomic mass is 16.5. The van der Waals surface area contributed by atoms with Gasteiger partial charge in [-0.2, -0.15) is 0 Å². The van der Waals surface area contributed by atoms with E-state index >= 15 is 0 Å². The minimum absolute atomic E-state index is 0.260. The highest BCUT2D eigenvalue weighted by Gasteiger charge is 2.22. The van der Waals surface area contributed by atoms with Crippen molar-refractivity contribution in [1.82, 2.24) is 9.88 Å². The molecule has 3 nitrogen and oxygen atoms in total. The summed E-state index contributed by atoms with van der Waals surface area (Å²) in [5.74, 6) is 1.05. The summed E-state index contributed by atoms with van der Waals surface area (Å²) >= 11 is 0. The number of aromatic nitrogens is 1. The van der Waals surface area contributed by atoms with E-state index in [4.69, 9.17) is 4.74 Å². The van der Waals surface area contributed by atoms with Crippen molar-refractivity contribution in [3.63, 3.8) is 0 Å². The summed E-state index contributed by atoms with van der Waals surface area (Å²) in [6, 6.07) is 10.5. The zero-order chi connectivity index (χ0) is 13.8. The molecule has 1 aromatic carbocycles. The van der Waals surface area contributed by atoms with Crippen molar-refractivity contribution in [1.29, 1.82) is 0 Å². The number of para-hydroxylation sites is 1. The topological polar surface area (TPSA) is 26.2 Å². The van der Waals surface area contributed by atoms with Crippen molar-refractivity contribution in [3.8, 4) is 5.75 Å². The second-order valence-corrected chi connectivity index (χ2v) is 5.45. The Morgan fingerprint density at radius 1 is 1.30 bits per heavy atom. The molecular weight excluding hydrogens is 248 g/mol. The fourth-order valence-electron chi connectivity index (χ4n) is 2.71. The van der Waals surface area contributed by atoms with Gasteiger partial charge in [-0.25, -0.2) is 0 Å². The monoisotopic (exact) mass is 270 g/mol. The van der Waals surface area contributed by atoms with E-state index in [1.54, 1.807) is 0 Å². The molecule has 1 atom stereocenters. The van der Waals surface area contributed by atoms with E-state index in [1.165, 1.54) is 17.5 Å². The van der Waals surface area contributed by atoms with Gasteiger partial charge in [0, 0.05) is 25.4 Å². The first-order chi connectivity index (χ1) is 9.85. The van der Waals surface area contributed by atoms with Gasteiger partial charge in [-0.15, -0.1) is 0 Å². The standard InChI is InChI=1S/C17H22N2O/c1-2-8-18-11-14-7-9-19(12-14)13-16-10-15-5-3-4-6-17(15)20-16/h3-7,9,12,16,18H,2,8,10-11,13H2,1H3. The Balaban J connectivity index is 1.55. The molecule has 1 unspecified atom stereocenters. The Morgan fingerprint density at radius 2 is 2.20 bits per heavy atom. The fraction of sp³-hybridized carbons (Fsp3) is 0.412. The summed E-state index contributed by atoms with van der Waals surface area (Å²) in [7, 11) is 0. The number of hydrogen-bond donors (Lipinski definition) is 1. The molecule has 106 valence electrons. The van der Waals surface area contributed by atoms with Gasteiger partial charge in [0.15, 0.2) is 0 Å². The Labute approximate surface area is 120 Å². The van der Waals surface area contributed by atoms with Crippen molar-refractivity contribution in [3.05, 3.63) is 53.9 Å². The predicted molar refractivity (Wildman–Crippen MR) is 81.0 cm³/mol. The highest BCUT2D eigenvalue weighted by Crippen LogP contribution is 2.28. The zero-order valence-corrected chi connectivity index (χ0v) is 12.0. The third-order valence-corrected chi connectivity index (χ3v) is 3.70.